The second-order valence-corrected chi connectivity index (χ2v) is 1.59. The zero-order valence-electron chi connectivity index (χ0n) is 5.02. The Bertz CT molecular complexity index is 129. The summed E-state index contributed by atoms with van der Waals surface area (Å²) in [6, 6.07) is 0. The lowest BCUT2D eigenvalue weighted by Gasteiger charge is -1.88. The predicted molar refractivity (Wildman–Crippen MR) is 30.5 cm³/mol. The molecule has 0 radical (unpaired) electrons. The molecule has 0 heterocycles. The van der Waals surface area contributed by atoms with E-state index in [1.165, 1.54) is 13.8 Å². The van der Waals surface area contributed by atoms with Crippen molar-refractivity contribution in [3.8, 4) is 0 Å². The van der Waals surface area contributed by atoms with E-state index < -0.39 is 0 Å². The van der Waals surface area contributed by atoms with E-state index in [1.54, 1.807) is 0 Å². The van der Waals surface area contributed by atoms with Crippen LogP contribution in [0.5, 0.6) is 0 Å². The molecule has 0 spiro atoms. The molecule has 2 heteroatoms. The van der Waals surface area contributed by atoms with E-state index in [-0.39, 0.29) is 17.1 Å². The molecule has 0 aromatic rings. The Morgan fingerprint density at radius 2 is 1.38 bits per heavy atom. The summed E-state index contributed by atoms with van der Waals surface area (Å²) in [6.45, 7) is 5.90. The minimum atomic E-state index is -0.252. The van der Waals surface area contributed by atoms with Gasteiger partial charge in [-0.2, -0.15) is 0 Å². The van der Waals surface area contributed by atoms with Crippen molar-refractivity contribution in [3.05, 3.63) is 12.2 Å². The first-order valence-corrected chi connectivity index (χ1v) is 2.26. The summed E-state index contributed by atoms with van der Waals surface area (Å²) in [5.74, 6) is -0.505. The SMILES string of the molecule is C=C(C(C)=O)C(C)=O. The fourth-order valence-electron chi connectivity index (χ4n) is 0.248. The van der Waals surface area contributed by atoms with E-state index in [0.717, 1.165) is 0 Å². The molecule has 0 atom stereocenters. The van der Waals surface area contributed by atoms with Crippen LogP contribution in [0, 0.1) is 0 Å². The Balaban J connectivity index is 4.05. The molecular formula is C6H8O2. The fraction of sp³-hybridized carbons (Fsp3) is 0.333. The first kappa shape index (κ1) is 7.08. The number of allylic oxidation sites excluding steroid dienone is 1. The second kappa shape index (κ2) is 2.40. The highest BCUT2D eigenvalue weighted by Gasteiger charge is 2.03. The van der Waals surface area contributed by atoms with Crippen LogP contribution in [0.25, 0.3) is 0 Å². The van der Waals surface area contributed by atoms with Crippen molar-refractivity contribution in [2.45, 2.75) is 13.8 Å². The van der Waals surface area contributed by atoms with Crippen LogP contribution in [0.3, 0.4) is 0 Å². The average molecular weight is 112 g/mol. The van der Waals surface area contributed by atoms with Gasteiger partial charge in [0, 0.05) is 0 Å². The van der Waals surface area contributed by atoms with Crippen molar-refractivity contribution in [2.75, 3.05) is 0 Å². The minimum Gasteiger partial charge on any atom is -0.294 e. The van der Waals surface area contributed by atoms with E-state index in [1.807, 2.05) is 0 Å². The molecule has 0 amide bonds. The number of carbonyl (C=O) groups is 2. The van der Waals surface area contributed by atoms with Gasteiger partial charge >= 0.3 is 0 Å². The third-order valence-electron chi connectivity index (χ3n) is 0.850. The summed E-state index contributed by atoms with van der Waals surface area (Å²) >= 11 is 0. The molecule has 0 rings (SSSR count). The summed E-state index contributed by atoms with van der Waals surface area (Å²) < 4.78 is 0. The van der Waals surface area contributed by atoms with Gasteiger partial charge in [-0.05, 0) is 13.8 Å². The zero-order valence-corrected chi connectivity index (χ0v) is 5.02. The normalized spacial score (nSPS) is 8.25. The van der Waals surface area contributed by atoms with Crippen molar-refractivity contribution in [3.63, 3.8) is 0 Å². The van der Waals surface area contributed by atoms with Crippen molar-refractivity contribution in [1.82, 2.24) is 0 Å². The molecule has 44 valence electrons. The van der Waals surface area contributed by atoms with Gasteiger partial charge < -0.3 is 0 Å². The molecule has 0 aromatic heterocycles. The number of ketones is 2. The number of carbonyl (C=O) groups excluding carboxylic acids is 2. The highest BCUT2D eigenvalue weighted by molar-refractivity contribution is 6.17. The van der Waals surface area contributed by atoms with Crippen LogP contribution in [0.2, 0.25) is 0 Å². The van der Waals surface area contributed by atoms with Gasteiger partial charge in [-0.15, -0.1) is 0 Å². The Morgan fingerprint density at radius 1 is 1.12 bits per heavy atom. The van der Waals surface area contributed by atoms with E-state index in [2.05, 4.69) is 6.58 Å². The zero-order chi connectivity index (χ0) is 6.73. The molecule has 2 nitrogen and oxygen atoms in total. The van der Waals surface area contributed by atoms with Crippen LogP contribution >= 0.6 is 0 Å². The molecule has 0 aliphatic rings. The number of hydrogen-bond acceptors (Lipinski definition) is 2. The molecule has 0 aromatic carbocycles. The Hall–Kier alpha value is -0.920. The lowest BCUT2D eigenvalue weighted by atomic mass is 10.1. The van der Waals surface area contributed by atoms with Gasteiger partial charge in [0.1, 0.15) is 0 Å². The molecule has 8 heavy (non-hydrogen) atoms. The molecular weight excluding hydrogens is 104 g/mol. The van der Waals surface area contributed by atoms with Crippen LogP contribution < -0.4 is 0 Å². The maximum atomic E-state index is 10.3. The van der Waals surface area contributed by atoms with Crippen molar-refractivity contribution < 1.29 is 9.59 Å². The molecule has 0 unspecified atom stereocenters. The van der Waals surface area contributed by atoms with E-state index in [0.29, 0.717) is 0 Å². The molecule has 0 N–H and O–H groups in total. The quantitative estimate of drug-likeness (QED) is 0.299. The topological polar surface area (TPSA) is 34.1 Å². The largest absolute Gasteiger partial charge is 0.294 e. The smallest absolute Gasteiger partial charge is 0.162 e. The van der Waals surface area contributed by atoms with Crippen LogP contribution in [0.15, 0.2) is 12.2 Å². The Labute approximate surface area is 48.2 Å². The standard InChI is InChI=1S/C6H8O2/c1-4(5(2)7)6(3)8/h1H2,2-3H3. The molecule has 0 saturated heterocycles. The van der Waals surface area contributed by atoms with Gasteiger partial charge in [-0.25, -0.2) is 0 Å². The van der Waals surface area contributed by atoms with Crippen molar-refractivity contribution >= 4 is 11.6 Å². The summed E-state index contributed by atoms with van der Waals surface area (Å²) in [7, 11) is 0. The maximum absolute atomic E-state index is 10.3. The first-order valence-electron chi connectivity index (χ1n) is 2.26. The van der Waals surface area contributed by atoms with Crippen LogP contribution in [0.1, 0.15) is 13.8 Å². The third-order valence-corrected chi connectivity index (χ3v) is 0.850. The van der Waals surface area contributed by atoms with Crippen LogP contribution in [-0.2, 0) is 9.59 Å². The molecule has 0 aliphatic carbocycles. The number of hydrogen-bond donors (Lipinski definition) is 0. The summed E-state index contributed by atoms with van der Waals surface area (Å²) in [4.78, 5) is 20.5. The van der Waals surface area contributed by atoms with Crippen molar-refractivity contribution in [1.29, 1.82) is 0 Å². The average Bonchev–Trinajstić information content (AvgIpc) is 1.64. The van der Waals surface area contributed by atoms with Gasteiger partial charge in [0.25, 0.3) is 0 Å². The van der Waals surface area contributed by atoms with E-state index >= 15 is 0 Å². The minimum absolute atomic E-state index is 0.0741. The third kappa shape index (κ3) is 1.69. The highest BCUT2D eigenvalue weighted by Crippen LogP contribution is 1.91. The monoisotopic (exact) mass is 112 g/mol. The summed E-state index contributed by atoms with van der Waals surface area (Å²) in [5.41, 5.74) is 0.0741. The molecule has 0 aliphatic heterocycles. The first-order chi connectivity index (χ1) is 3.55. The van der Waals surface area contributed by atoms with Crippen molar-refractivity contribution in [2.24, 2.45) is 0 Å². The van der Waals surface area contributed by atoms with Gasteiger partial charge in [0.05, 0.1) is 5.57 Å². The second-order valence-electron chi connectivity index (χ2n) is 1.59. The predicted octanol–water partition coefficient (Wildman–Crippen LogP) is 0.721. The highest BCUT2D eigenvalue weighted by atomic mass is 16.1. The Morgan fingerprint density at radius 3 is 1.38 bits per heavy atom. The van der Waals surface area contributed by atoms with Gasteiger partial charge in [-0.1, -0.05) is 6.58 Å². The number of rotatable bonds is 2. The lowest BCUT2D eigenvalue weighted by molar-refractivity contribution is -0.119. The van der Waals surface area contributed by atoms with Gasteiger partial charge in [0.2, 0.25) is 0 Å². The fourth-order valence-corrected chi connectivity index (χ4v) is 0.248. The Kier molecular flexibility index (Phi) is 2.13. The molecule has 0 saturated carbocycles. The van der Waals surface area contributed by atoms with Crippen LogP contribution in [0.4, 0.5) is 0 Å². The van der Waals surface area contributed by atoms with Gasteiger partial charge in [0.15, 0.2) is 11.6 Å². The summed E-state index contributed by atoms with van der Waals surface area (Å²) in [5, 5.41) is 0. The molecule has 0 bridgehead atoms. The number of Topliss-reactive ketones (excluding diaryl/α,β-unsaturated/α-hetero) is 2. The van der Waals surface area contributed by atoms with E-state index in [9.17, 15) is 9.59 Å². The van der Waals surface area contributed by atoms with Gasteiger partial charge in [-0.3, -0.25) is 9.59 Å². The molecule has 0 fully saturated rings. The van der Waals surface area contributed by atoms with E-state index in [4.69, 9.17) is 0 Å². The maximum Gasteiger partial charge on any atom is 0.162 e. The summed E-state index contributed by atoms with van der Waals surface area (Å²) in [6.07, 6.45) is 0. The lowest BCUT2D eigenvalue weighted by Crippen LogP contribution is -2.03. The van der Waals surface area contributed by atoms with Crippen LogP contribution in [-0.4, -0.2) is 11.6 Å².